The average Bonchev–Trinajstić information content (AvgIpc) is 2.77. The van der Waals surface area contributed by atoms with Gasteiger partial charge in [-0.05, 0) is 44.7 Å². The molecular weight excluding hydrogens is 244 g/mol. The van der Waals surface area contributed by atoms with Crippen molar-refractivity contribution in [1.29, 1.82) is 0 Å². The first-order chi connectivity index (χ1) is 9.04. The summed E-state index contributed by atoms with van der Waals surface area (Å²) in [5, 5.41) is 12.0. The molecule has 0 radical (unpaired) electrons. The highest BCUT2D eigenvalue weighted by molar-refractivity contribution is 6.02. The Bertz CT molecular complexity index is 347. The maximum atomic E-state index is 12.0. The van der Waals surface area contributed by atoms with Gasteiger partial charge in [-0.3, -0.25) is 9.59 Å². The third kappa shape index (κ3) is 3.08. The van der Waals surface area contributed by atoms with Gasteiger partial charge in [0.1, 0.15) is 5.41 Å². The van der Waals surface area contributed by atoms with Crippen LogP contribution in [0.15, 0.2) is 0 Å². The van der Waals surface area contributed by atoms with Crippen molar-refractivity contribution in [3.05, 3.63) is 0 Å². The standard InChI is InChI=1S/C14H24N2O3/c1-11(10-16-7-2-3-8-16)9-15-12(17)14(13(18)19)5-4-6-14/h11H,2-10H2,1H3,(H,15,17)(H,18,19). The van der Waals surface area contributed by atoms with Crippen LogP contribution in [0.3, 0.4) is 0 Å². The van der Waals surface area contributed by atoms with Gasteiger partial charge in [-0.15, -0.1) is 0 Å². The van der Waals surface area contributed by atoms with Crippen molar-refractivity contribution in [2.45, 2.75) is 39.0 Å². The van der Waals surface area contributed by atoms with Crippen LogP contribution in [0, 0.1) is 11.3 Å². The molecule has 5 nitrogen and oxygen atoms in total. The highest BCUT2D eigenvalue weighted by atomic mass is 16.4. The Kier molecular flexibility index (Phi) is 4.45. The summed E-state index contributed by atoms with van der Waals surface area (Å²) in [6.45, 7) is 5.96. The molecule has 5 heteroatoms. The Hall–Kier alpha value is -1.10. The van der Waals surface area contributed by atoms with Gasteiger partial charge in [0, 0.05) is 13.1 Å². The van der Waals surface area contributed by atoms with Crippen molar-refractivity contribution >= 4 is 11.9 Å². The van der Waals surface area contributed by atoms with Gasteiger partial charge in [-0.2, -0.15) is 0 Å². The molecule has 1 unspecified atom stereocenters. The maximum absolute atomic E-state index is 12.0. The molecule has 1 heterocycles. The molecule has 1 aliphatic carbocycles. The molecule has 2 aliphatic rings. The van der Waals surface area contributed by atoms with Crippen LogP contribution in [0.1, 0.15) is 39.0 Å². The topological polar surface area (TPSA) is 69.6 Å². The molecule has 1 atom stereocenters. The summed E-state index contributed by atoms with van der Waals surface area (Å²) in [5.74, 6) is -0.893. The third-order valence-corrected chi connectivity index (χ3v) is 4.43. The number of hydrogen-bond donors (Lipinski definition) is 2. The summed E-state index contributed by atoms with van der Waals surface area (Å²) >= 11 is 0. The van der Waals surface area contributed by atoms with E-state index < -0.39 is 11.4 Å². The van der Waals surface area contributed by atoms with Crippen LogP contribution >= 0.6 is 0 Å². The number of carbonyl (C=O) groups excluding carboxylic acids is 1. The number of hydrogen-bond acceptors (Lipinski definition) is 3. The summed E-state index contributed by atoms with van der Waals surface area (Å²) in [4.78, 5) is 25.6. The second kappa shape index (κ2) is 5.90. The Morgan fingerprint density at radius 2 is 1.89 bits per heavy atom. The number of carboxylic acids is 1. The predicted octanol–water partition coefficient (Wildman–Crippen LogP) is 1.09. The smallest absolute Gasteiger partial charge is 0.319 e. The van der Waals surface area contributed by atoms with Gasteiger partial charge in [0.05, 0.1) is 0 Å². The predicted molar refractivity (Wildman–Crippen MR) is 71.8 cm³/mol. The summed E-state index contributed by atoms with van der Waals surface area (Å²) in [7, 11) is 0. The summed E-state index contributed by atoms with van der Waals surface area (Å²) in [5.41, 5.74) is -1.13. The Morgan fingerprint density at radius 3 is 2.37 bits per heavy atom. The van der Waals surface area contributed by atoms with E-state index >= 15 is 0 Å². The molecular formula is C14H24N2O3. The fourth-order valence-corrected chi connectivity index (χ4v) is 2.98. The quantitative estimate of drug-likeness (QED) is 0.708. The number of carboxylic acid groups (broad SMARTS) is 1. The number of carbonyl (C=O) groups is 2. The average molecular weight is 268 g/mol. The van der Waals surface area contributed by atoms with E-state index in [-0.39, 0.29) is 5.91 Å². The zero-order valence-electron chi connectivity index (χ0n) is 11.7. The number of nitrogens with zero attached hydrogens (tertiary/aromatic N) is 1. The number of likely N-dealkylation sites (tertiary alicyclic amines) is 1. The van der Waals surface area contributed by atoms with Gasteiger partial charge >= 0.3 is 5.97 Å². The van der Waals surface area contributed by atoms with Crippen molar-refractivity contribution < 1.29 is 14.7 Å². The molecule has 1 saturated carbocycles. The van der Waals surface area contributed by atoms with Gasteiger partial charge in [-0.25, -0.2) is 0 Å². The van der Waals surface area contributed by atoms with E-state index in [1.165, 1.54) is 12.8 Å². The van der Waals surface area contributed by atoms with E-state index in [1.54, 1.807) is 0 Å². The summed E-state index contributed by atoms with van der Waals surface area (Å²) in [6, 6.07) is 0. The van der Waals surface area contributed by atoms with Crippen LogP contribution in [-0.2, 0) is 9.59 Å². The molecule has 0 aromatic heterocycles. The van der Waals surface area contributed by atoms with Crippen molar-refractivity contribution in [2.75, 3.05) is 26.2 Å². The lowest BCUT2D eigenvalue weighted by molar-refractivity contribution is -0.162. The molecule has 1 saturated heterocycles. The number of rotatable bonds is 6. The van der Waals surface area contributed by atoms with Gasteiger partial charge in [0.15, 0.2) is 0 Å². The molecule has 0 spiro atoms. The van der Waals surface area contributed by atoms with Crippen LogP contribution < -0.4 is 5.32 Å². The van der Waals surface area contributed by atoms with E-state index in [1.807, 2.05) is 0 Å². The molecule has 2 N–H and O–H groups in total. The number of aliphatic carboxylic acids is 1. The summed E-state index contributed by atoms with van der Waals surface area (Å²) in [6.07, 6.45) is 4.33. The lowest BCUT2D eigenvalue weighted by Crippen LogP contribution is -2.52. The van der Waals surface area contributed by atoms with Gasteiger partial charge in [0.25, 0.3) is 0 Å². The van der Waals surface area contributed by atoms with E-state index in [0.717, 1.165) is 26.1 Å². The van der Waals surface area contributed by atoms with E-state index in [9.17, 15) is 14.7 Å². The monoisotopic (exact) mass is 268 g/mol. The van der Waals surface area contributed by atoms with Crippen LogP contribution in [0.25, 0.3) is 0 Å². The molecule has 2 fully saturated rings. The Balaban J connectivity index is 1.74. The molecule has 19 heavy (non-hydrogen) atoms. The SMILES string of the molecule is CC(CNC(=O)C1(C(=O)O)CCC1)CN1CCCC1. The zero-order chi connectivity index (χ0) is 13.9. The minimum atomic E-state index is -1.13. The fraction of sp³-hybridized carbons (Fsp3) is 0.857. The molecule has 0 aromatic rings. The minimum absolute atomic E-state index is 0.292. The first kappa shape index (κ1) is 14.3. The lowest BCUT2D eigenvalue weighted by atomic mass is 9.68. The van der Waals surface area contributed by atoms with Crippen molar-refractivity contribution in [1.82, 2.24) is 10.2 Å². The summed E-state index contributed by atoms with van der Waals surface area (Å²) < 4.78 is 0. The first-order valence-electron chi connectivity index (χ1n) is 7.29. The van der Waals surface area contributed by atoms with Crippen molar-refractivity contribution in [3.63, 3.8) is 0 Å². The molecule has 1 aliphatic heterocycles. The highest BCUT2D eigenvalue weighted by Gasteiger charge is 2.51. The molecule has 2 rings (SSSR count). The van der Waals surface area contributed by atoms with E-state index in [0.29, 0.717) is 25.3 Å². The lowest BCUT2D eigenvalue weighted by Gasteiger charge is -2.36. The van der Waals surface area contributed by atoms with Gasteiger partial charge in [0.2, 0.25) is 5.91 Å². The molecule has 0 bridgehead atoms. The molecule has 1 amide bonds. The van der Waals surface area contributed by atoms with Crippen molar-refractivity contribution in [3.8, 4) is 0 Å². The van der Waals surface area contributed by atoms with Gasteiger partial charge < -0.3 is 15.3 Å². The van der Waals surface area contributed by atoms with Crippen molar-refractivity contribution in [2.24, 2.45) is 11.3 Å². The molecule has 0 aromatic carbocycles. The highest BCUT2D eigenvalue weighted by Crippen LogP contribution is 2.41. The largest absolute Gasteiger partial charge is 0.480 e. The molecule has 108 valence electrons. The Labute approximate surface area is 114 Å². The van der Waals surface area contributed by atoms with Crippen LogP contribution in [0.5, 0.6) is 0 Å². The van der Waals surface area contributed by atoms with Crippen LogP contribution in [0.4, 0.5) is 0 Å². The normalized spacial score (nSPS) is 23.6. The second-order valence-corrected chi connectivity index (χ2v) is 6.06. The maximum Gasteiger partial charge on any atom is 0.319 e. The van der Waals surface area contributed by atoms with E-state index in [2.05, 4.69) is 17.1 Å². The minimum Gasteiger partial charge on any atom is -0.480 e. The zero-order valence-corrected chi connectivity index (χ0v) is 11.7. The number of nitrogens with one attached hydrogen (secondary N) is 1. The van der Waals surface area contributed by atoms with Crippen LogP contribution in [-0.4, -0.2) is 48.1 Å². The Morgan fingerprint density at radius 1 is 1.26 bits per heavy atom. The fourth-order valence-electron chi connectivity index (χ4n) is 2.98. The van der Waals surface area contributed by atoms with Gasteiger partial charge in [-0.1, -0.05) is 13.3 Å². The van der Waals surface area contributed by atoms with Crippen LogP contribution in [0.2, 0.25) is 0 Å². The third-order valence-electron chi connectivity index (χ3n) is 4.43. The second-order valence-electron chi connectivity index (χ2n) is 6.06. The first-order valence-corrected chi connectivity index (χ1v) is 7.29. The van der Waals surface area contributed by atoms with E-state index in [4.69, 9.17) is 0 Å². The number of amides is 1.